The van der Waals surface area contributed by atoms with Crippen molar-refractivity contribution in [2.75, 3.05) is 0 Å². The quantitative estimate of drug-likeness (QED) is 0.324. The van der Waals surface area contributed by atoms with Crippen LogP contribution >= 0.6 is 15.9 Å². The van der Waals surface area contributed by atoms with Crippen molar-refractivity contribution >= 4 is 20.6 Å². The average Bonchev–Trinajstić information content (AvgIpc) is 2.99. The summed E-state index contributed by atoms with van der Waals surface area (Å²) in [5.41, 5.74) is 2.49. The zero-order valence-electron chi connectivity index (χ0n) is 18.2. The maximum absolute atomic E-state index is 13.9. The van der Waals surface area contributed by atoms with Gasteiger partial charge in [-0.3, -0.25) is 4.79 Å². The van der Waals surface area contributed by atoms with Crippen molar-refractivity contribution in [1.29, 1.82) is 0 Å². The predicted octanol–water partition coefficient (Wildman–Crippen LogP) is 8.11. The van der Waals surface area contributed by atoms with Crippen LogP contribution in [0.5, 0.6) is 5.75 Å². The van der Waals surface area contributed by atoms with Crippen LogP contribution in [0.2, 0.25) is 0 Å². The Bertz CT molecular complexity index is 907. The fraction of sp³-hybridized carbons (Fsp3) is 0.560. The second-order valence-corrected chi connectivity index (χ2v) is 10.3. The fourth-order valence-corrected chi connectivity index (χ4v) is 7.02. The Kier molecular flexibility index (Phi) is 7.89. The molecule has 0 aromatic heterocycles. The van der Waals surface area contributed by atoms with Crippen LogP contribution in [0.1, 0.15) is 68.9 Å². The SMILES string of the molecule is C=C(F)F.C[C@]12CC[C@@H]3c4ccc(O)cc4CC[C@H]3[C@@H]1[C@H](CCCC(=O)Br)CC2=C(F)F. The van der Waals surface area contributed by atoms with E-state index in [2.05, 4.69) is 29.4 Å². The van der Waals surface area contributed by atoms with Gasteiger partial charge in [0.2, 0.25) is 0 Å². The maximum atomic E-state index is 13.9. The first-order chi connectivity index (χ1) is 15.0. The van der Waals surface area contributed by atoms with Crippen LogP contribution in [0.25, 0.3) is 0 Å². The predicted molar refractivity (Wildman–Crippen MR) is 120 cm³/mol. The molecule has 3 aliphatic rings. The van der Waals surface area contributed by atoms with Gasteiger partial charge in [0.25, 0.3) is 12.2 Å². The first kappa shape index (κ1) is 25.0. The number of phenols is 1. The normalized spacial score (nSPS) is 30.4. The summed E-state index contributed by atoms with van der Waals surface area (Å²) >= 11 is 2.99. The molecular formula is C25H29BrF4O2. The van der Waals surface area contributed by atoms with E-state index < -0.39 is 17.6 Å². The summed E-state index contributed by atoms with van der Waals surface area (Å²) < 4.78 is 48.0. The topological polar surface area (TPSA) is 37.3 Å². The van der Waals surface area contributed by atoms with Crippen LogP contribution in [-0.2, 0) is 11.2 Å². The van der Waals surface area contributed by atoms with Gasteiger partial charge in [-0.1, -0.05) is 13.0 Å². The monoisotopic (exact) mass is 516 g/mol. The highest BCUT2D eigenvalue weighted by molar-refractivity contribution is 9.18. The van der Waals surface area contributed by atoms with Gasteiger partial charge in [0.1, 0.15) is 5.75 Å². The van der Waals surface area contributed by atoms with Crippen LogP contribution in [0.15, 0.2) is 42.5 Å². The summed E-state index contributed by atoms with van der Waals surface area (Å²) in [5.74, 6) is 1.57. The molecule has 7 heteroatoms. The van der Waals surface area contributed by atoms with Crippen LogP contribution < -0.4 is 0 Å². The van der Waals surface area contributed by atoms with E-state index in [1.807, 2.05) is 12.1 Å². The van der Waals surface area contributed by atoms with E-state index in [1.54, 1.807) is 6.07 Å². The van der Waals surface area contributed by atoms with Gasteiger partial charge >= 0.3 is 0 Å². The Morgan fingerprint density at radius 3 is 2.56 bits per heavy atom. The number of allylic oxidation sites excluding steroid dienone is 1. The molecule has 2 nitrogen and oxygen atoms in total. The van der Waals surface area contributed by atoms with Gasteiger partial charge < -0.3 is 5.11 Å². The number of benzene rings is 1. The van der Waals surface area contributed by atoms with E-state index in [4.69, 9.17) is 0 Å². The zero-order valence-corrected chi connectivity index (χ0v) is 19.7. The molecule has 0 spiro atoms. The summed E-state index contributed by atoms with van der Waals surface area (Å²) in [6.07, 6.45) is 2.84. The number of hydrogen-bond acceptors (Lipinski definition) is 2. The third-order valence-corrected chi connectivity index (χ3v) is 8.20. The largest absolute Gasteiger partial charge is 0.508 e. The Morgan fingerprint density at radius 2 is 1.94 bits per heavy atom. The van der Waals surface area contributed by atoms with Crippen molar-refractivity contribution in [1.82, 2.24) is 0 Å². The molecule has 176 valence electrons. The minimum absolute atomic E-state index is 0.00591. The molecule has 0 unspecified atom stereocenters. The van der Waals surface area contributed by atoms with Crippen molar-refractivity contribution in [3.05, 3.63) is 53.6 Å². The van der Waals surface area contributed by atoms with Gasteiger partial charge in [-0.05, 0) is 120 Å². The molecular weight excluding hydrogens is 488 g/mol. The molecule has 5 atom stereocenters. The van der Waals surface area contributed by atoms with E-state index in [-0.39, 0.29) is 16.5 Å². The van der Waals surface area contributed by atoms with Crippen molar-refractivity contribution in [2.24, 2.45) is 23.2 Å². The number of aromatic hydroxyl groups is 1. The van der Waals surface area contributed by atoms with Gasteiger partial charge in [-0.15, -0.1) is 0 Å². The fourth-order valence-electron chi connectivity index (χ4n) is 6.74. The minimum atomic E-state index is -1.83. The number of carbonyl (C=O) groups is 1. The lowest BCUT2D eigenvalue weighted by Crippen LogP contribution is -2.42. The van der Waals surface area contributed by atoms with Crippen molar-refractivity contribution in [3.63, 3.8) is 0 Å². The molecule has 1 N–H and O–H groups in total. The van der Waals surface area contributed by atoms with E-state index in [0.29, 0.717) is 36.0 Å². The number of fused-ring (bicyclic) bond motifs is 5. The van der Waals surface area contributed by atoms with Crippen LogP contribution in [0.4, 0.5) is 17.6 Å². The second kappa shape index (κ2) is 10.1. The molecule has 2 fully saturated rings. The lowest BCUT2D eigenvalue weighted by Gasteiger charge is -2.51. The molecule has 0 amide bonds. The molecule has 0 radical (unpaired) electrons. The lowest BCUT2D eigenvalue weighted by atomic mass is 9.53. The van der Waals surface area contributed by atoms with Gasteiger partial charge in [0.15, 0.2) is 4.69 Å². The molecule has 0 aliphatic heterocycles. The van der Waals surface area contributed by atoms with E-state index in [9.17, 15) is 27.5 Å². The molecule has 4 rings (SSSR count). The van der Waals surface area contributed by atoms with E-state index in [0.717, 1.165) is 38.5 Å². The summed E-state index contributed by atoms with van der Waals surface area (Å²) in [5, 5.41) is 9.83. The highest BCUT2D eigenvalue weighted by Gasteiger charge is 2.57. The molecule has 2 saturated carbocycles. The average molecular weight is 517 g/mol. The Hall–Kier alpha value is -1.63. The molecule has 32 heavy (non-hydrogen) atoms. The zero-order chi connectivity index (χ0) is 23.6. The smallest absolute Gasteiger partial charge is 0.270 e. The van der Waals surface area contributed by atoms with Crippen molar-refractivity contribution in [3.8, 4) is 5.75 Å². The van der Waals surface area contributed by atoms with Gasteiger partial charge in [-0.2, -0.15) is 17.6 Å². The Balaban J connectivity index is 0.000000668. The maximum Gasteiger partial charge on any atom is 0.270 e. The Morgan fingerprint density at radius 1 is 1.25 bits per heavy atom. The number of aryl methyl sites for hydroxylation is 1. The van der Waals surface area contributed by atoms with Gasteiger partial charge in [-0.25, -0.2) is 0 Å². The highest BCUT2D eigenvalue weighted by atomic mass is 79.9. The first-order valence-corrected chi connectivity index (χ1v) is 11.9. The molecule has 0 bridgehead atoms. The lowest BCUT2D eigenvalue weighted by molar-refractivity contribution is -0.110. The summed E-state index contributed by atoms with van der Waals surface area (Å²) in [6.45, 7) is 4.28. The van der Waals surface area contributed by atoms with Gasteiger partial charge in [0.05, 0.1) is 0 Å². The number of halogens is 5. The van der Waals surface area contributed by atoms with Crippen LogP contribution in [-0.4, -0.2) is 9.80 Å². The van der Waals surface area contributed by atoms with E-state index in [1.165, 1.54) is 11.1 Å². The molecule has 3 aliphatic carbocycles. The highest BCUT2D eigenvalue weighted by Crippen LogP contribution is 2.66. The minimum Gasteiger partial charge on any atom is -0.508 e. The van der Waals surface area contributed by atoms with Crippen molar-refractivity contribution in [2.45, 2.75) is 64.2 Å². The second-order valence-electron chi connectivity index (χ2n) is 9.46. The number of phenolic OH excluding ortho intramolecular Hbond substituents is 1. The van der Waals surface area contributed by atoms with Crippen molar-refractivity contribution < 1.29 is 27.5 Å². The summed E-state index contributed by atoms with van der Waals surface area (Å²) in [6, 6.07) is 5.68. The van der Waals surface area contributed by atoms with Crippen LogP contribution in [0.3, 0.4) is 0 Å². The van der Waals surface area contributed by atoms with E-state index >= 15 is 0 Å². The third-order valence-electron chi connectivity index (χ3n) is 7.80. The first-order valence-electron chi connectivity index (χ1n) is 11.1. The molecule has 1 aromatic rings. The number of rotatable bonds is 4. The van der Waals surface area contributed by atoms with Gasteiger partial charge in [0, 0.05) is 12.0 Å². The van der Waals surface area contributed by atoms with Crippen LogP contribution in [0, 0.1) is 23.2 Å². The number of carbonyl (C=O) groups excluding carboxylic acids is 1. The molecule has 1 aromatic carbocycles. The number of hydrogen-bond donors (Lipinski definition) is 1. The summed E-state index contributed by atoms with van der Waals surface area (Å²) in [4.78, 5) is 11.3. The third kappa shape index (κ3) is 5.13. The molecule has 0 heterocycles. The standard InChI is InChI=1S/C23H27BrF2O2.C2H2F2/c1-23-10-9-17-16-8-6-15(27)11-13(16)5-7-18(17)21(23)14(3-2-4-20(24)28)12-19(23)22(25)26;1-2(3)4/h6,8,11,14,17-18,21,27H,2-5,7,9-10,12H2,1H3;1H2/t14-,17-,18-,21+,23-;/m1./s1. The summed E-state index contributed by atoms with van der Waals surface area (Å²) in [7, 11) is 0. The molecule has 0 saturated heterocycles. The Labute approximate surface area is 194 Å².